The molecule has 3 rings (SSSR count). The zero-order valence-corrected chi connectivity index (χ0v) is 13.6. The maximum atomic E-state index is 5.41. The summed E-state index contributed by atoms with van der Waals surface area (Å²) in [7, 11) is 0. The van der Waals surface area contributed by atoms with E-state index in [1.807, 2.05) is 0 Å². The number of ether oxygens (including phenoxy) is 1. The van der Waals surface area contributed by atoms with Crippen LogP contribution in [0.2, 0.25) is 0 Å². The summed E-state index contributed by atoms with van der Waals surface area (Å²) in [6.07, 6.45) is 9.63. The van der Waals surface area contributed by atoms with Crippen LogP contribution in [0.4, 0.5) is 11.6 Å². The Kier molecular flexibility index (Phi) is 5.48. The van der Waals surface area contributed by atoms with E-state index >= 15 is 0 Å². The third-order valence-electron chi connectivity index (χ3n) is 4.91. The highest BCUT2D eigenvalue weighted by Crippen LogP contribution is 2.32. The van der Waals surface area contributed by atoms with Gasteiger partial charge in [0, 0.05) is 25.2 Å². The molecule has 1 saturated heterocycles. The fourth-order valence-electron chi connectivity index (χ4n) is 3.62. The van der Waals surface area contributed by atoms with E-state index in [1.54, 1.807) is 6.33 Å². The highest BCUT2D eigenvalue weighted by atomic mass is 16.5. The first-order valence-corrected chi connectivity index (χ1v) is 8.78. The van der Waals surface area contributed by atoms with Gasteiger partial charge >= 0.3 is 0 Å². The molecule has 1 aromatic heterocycles. The Bertz CT molecular complexity index is 462. The SMILES string of the molecule is CCCCC1CCCC1Nc1cc(N2CCOCC2)ncn1. The average Bonchev–Trinajstić information content (AvgIpc) is 3.01. The van der Waals surface area contributed by atoms with Crippen LogP contribution >= 0.6 is 0 Å². The summed E-state index contributed by atoms with van der Waals surface area (Å²) in [6.45, 7) is 5.68. The van der Waals surface area contributed by atoms with Gasteiger partial charge in [-0.25, -0.2) is 9.97 Å². The number of hydrogen-bond acceptors (Lipinski definition) is 5. The van der Waals surface area contributed by atoms with Crippen molar-refractivity contribution in [3.05, 3.63) is 12.4 Å². The van der Waals surface area contributed by atoms with Gasteiger partial charge in [0.15, 0.2) is 0 Å². The number of unbranched alkanes of at least 4 members (excludes halogenated alkanes) is 1. The van der Waals surface area contributed by atoms with Gasteiger partial charge in [0.2, 0.25) is 0 Å². The lowest BCUT2D eigenvalue weighted by Crippen LogP contribution is -2.36. The van der Waals surface area contributed by atoms with Gasteiger partial charge in [-0.1, -0.05) is 26.2 Å². The minimum absolute atomic E-state index is 0.582. The molecule has 2 unspecified atom stereocenters. The third-order valence-corrected chi connectivity index (χ3v) is 4.91. The zero-order valence-electron chi connectivity index (χ0n) is 13.6. The quantitative estimate of drug-likeness (QED) is 0.875. The van der Waals surface area contributed by atoms with Crippen LogP contribution in [0.25, 0.3) is 0 Å². The Hall–Kier alpha value is -1.36. The molecule has 0 aromatic carbocycles. The van der Waals surface area contributed by atoms with Crippen molar-refractivity contribution in [2.45, 2.75) is 51.5 Å². The topological polar surface area (TPSA) is 50.3 Å². The number of nitrogens with one attached hydrogen (secondary N) is 1. The maximum absolute atomic E-state index is 5.41. The molecule has 1 aliphatic carbocycles. The summed E-state index contributed by atoms with van der Waals surface area (Å²) >= 11 is 0. The van der Waals surface area contributed by atoms with Crippen LogP contribution in [0.3, 0.4) is 0 Å². The molecule has 2 aliphatic rings. The lowest BCUT2D eigenvalue weighted by Gasteiger charge is -2.28. The van der Waals surface area contributed by atoms with Crippen LogP contribution in [0.1, 0.15) is 45.4 Å². The second-order valence-electron chi connectivity index (χ2n) is 6.44. The molecule has 122 valence electrons. The highest BCUT2D eigenvalue weighted by Gasteiger charge is 2.27. The Morgan fingerprint density at radius 1 is 1.27 bits per heavy atom. The number of aromatic nitrogens is 2. The van der Waals surface area contributed by atoms with E-state index in [1.165, 1.54) is 38.5 Å². The molecule has 0 bridgehead atoms. The molecule has 1 aliphatic heterocycles. The highest BCUT2D eigenvalue weighted by molar-refractivity contribution is 5.49. The smallest absolute Gasteiger partial charge is 0.134 e. The molecule has 0 spiro atoms. The Morgan fingerprint density at radius 3 is 2.95 bits per heavy atom. The summed E-state index contributed by atoms with van der Waals surface area (Å²) < 4.78 is 5.41. The molecular weight excluding hydrogens is 276 g/mol. The minimum atomic E-state index is 0.582. The van der Waals surface area contributed by atoms with Gasteiger partial charge < -0.3 is 15.0 Å². The van der Waals surface area contributed by atoms with Gasteiger partial charge in [0.05, 0.1) is 13.2 Å². The van der Waals surface area contributed by atoms with E-state index in [-0.39, 0.29) is 0 Å². The number of nitrogens with zero attached hydrogens (tertiary/aromatic N) is 3. The molecule has 2 atom stereocenters. The number of anilines is 2. The predicted octanol–water partition coefficient (Wildman–Crippen LogP) is 3.08. The summed E-state index contributed by atoms with van der Waals surface area (Å²) in [5, 5.41) is 3.67. The van der Waals surface area contributed by atoms with E-state index in [2.05, 4.69) is 33.2 Å². The van der Waals surface area contributed by atoms with E-state index in [9.17, 15) is 0 Å². The van der Waals surface area contributed by atoms with Crippen LogP contribution in [-0.2, 0) is 4.74 Å². The van der Waals surface area contributed by atoms with Crippen molar-refractivity contribution in [2.24, 2.45) is 5.92 Å². The summed E-state index contributed by atoms with van der Waals surface area (Å²) in [5.74, 6) is 2.80. The van der Waals surface area contributed by atoms with Crippen LogP contribution < -0.4 is 10.2 Å². The van der Waals surface area contributed by atoms with Crippen molar-refractivity contribution in [1.82, 2.24) is 9.97 Å². The monoisotopic (exact) mass is 304 g/mol. The van der Waals surface area contributed by atoms with Crippen molar-refractivity contribution in [1.29, 1.82) is 0 Å². The number of hydrogen-bond donors (Lipinski definition) is 1. The van der Waals surface area contributed by atoms with Crippen LogP contribution in [0, 0.1) is 5.92 Å². The van der Waals surface area contributed by atoms with Crippen LogP contribution in [0.5, 0.6) is 0 Å². The van der Waals surface area contributed by atoms with Crippen LogP contribution in [-0.4, -0.2) is 42.3 Å². The summed E-state index contributed by atoms with van der Waals surface area (Å²) in [4.78, 5) is 11.1. The fourth-order valence-corrected chi connectivity index (χ4v) is 3.62. The van der Waals surface area contributed by atoms with Crippen LogP contribution in [0.15, 0.2) is 12.4 Å². The molecule has 2 fully saturated rings. The van der Waals surface area contributed by atoms with Crippen molar-refractivity contribution >= 4 is 11.6 Å². The van der Waals surface area contributed by atoms with Gasteiger partial charge in [-0.15, -0.1) is 0 Å². The van der Waals surface area contributed by atoms with E-state index < -0.39 is 0 Å². The third kappa shape index (κ3) is 3.88. The molecule has 5 heteroatoms. The van der Waals surface area contributed by atoms with Crippen molar-refractivity contribution in [3.63, 3.8) is 0 Å². The minimum Gasteiger partial charge on any atom is -0.378 e. The lowest BCUT2D eigenvalue weighted by atomic mass is 9.97. The van der Waals surface area contributed by atoms with Crippen molar-refractivity contribution in [2.75, 3.05) is 36.5 Å². The molecule has 1 N–H and O–H groups in total. The van der Waals surface area contributed by atoms with Gasteiger partial charge in [-0.05, 0) is 25.2 Å². The van der Waals surface area contributed by atoms with E-state index in [0.29, 0.717) is 6.04 Å². The lowest BCUT2D eigenvalue weighted by molar-refractivity contribution is 0.122. The molecule has 0 radical (unpaired) electrons. The van der Waals surface area contributed by atoms with Crippen molar-refractivity contribution < 1.29 is 4.74 Å². The Morgan fingerprint density at radius 2 is 2.14 bits per heavy atom. The summed E-state index contributed by atoms with van der Waals surface area (Å²) in [5.41, 5.74) is 0. The average molecular weight is 304 g/mol. The second kappa shape index (κ2) is 7.77. The van der Waals surface area contributed by atoms with E-state index in [0.717, 1.165) is 43.9 Å². The normalized spacial score (nSPS) is 25.4. The van der Waals surface area contributed by atoms with Gasteiger partial charge in [-0.3, -0.25) is 0 Å². The molecule has 1 aromatic rings. The zero-order chi connectivity index (χ0) is 15.2. The summed E-state index contributed by atoms with van der Waals surface area (Å²) in [6, 6.07) is 2.68. The molecule has 5 nitrogen and oxygen atoms in total. The molecular formula is C17H28N4O. The predicted molar refractivity (Wildman–Crippen MR) is 89.3 cm³/mol. The second-order valence-corrected chi connectivity index (χ2v) is 6.44. The van der Waals surface area contributed by atoms with Gasteiger partial charge in [0.1, 0.15) is 18.0 Å². The van der Waals surface area contributed by atoms with Gasteiger partial charge in [-0.2, -0.15) is 0 Å². The van der Waals surface area contributed by atoms with Gasteiger partial charge in [0.25, 0.3) is 0 Å². The number of rotatable bonds is 6. The maximum Gasteiger partial charge on any atom is 0.134 e. The molecule has 2 heterocycles. The van der Waals surface area contributed by atoms with E-state index in [4.69, 9.17) is 4.74 Å². The first kappa shape index (κ1) is 15.5. The molecule has 1 saturated carbocycles. The number of morpholine rings is 1. The Balaban J connectivity index is 1.62. The molecule has 0 amide bonds. The molecule has 22 heavy (non-hydrogen) atoms. The standard InChI is InChI=1S/C17H28N4O/c1-2-3-5-14-6-4-7-15(14)20-16-12-17(19-13-18-16)21-8-10-22-11-9-21/h12-15H,2-11H2,1H3,(H,18,19,20). The fraction of sp³-hybridized carbons (Fsp3) is 0.765. The first-order valence-electron chi connectivity index (χ1n) is 8.78. The first-order chi connectivity index (χ1) is 10.9. The Labute approximate surface area is 133 Å². The van der Waals surface area contributed by atoms with Crippen molar-refractivity contribution in [3.8, 4) is 0 Å². The largest absolute Gasteiger partial charge is 0.378 e.